The van der Waals surface area contributed by atoms with Gasteiger partial charge in [-0.05, 0) is 51.3 Å². The molecule has 0 unspecified atom stereocenters. The molecule has 1 saturated carbocycles. The molecule has 1 aliphatic rings. The van der Waals surface area contributed by atoms with Crippen molar-refractivity contribution in [1.29, 1.82) is 0 Å². The lowest BCUT2D eigenvalue weighted by molar-refractivity contribution is -0.140. The van der Waals surface area contributed by atoms with E-state index in [1.165, 1.54) is 0 Å². The van der Waals surface area contributed by atoms with Crippen molar-refractivity contribution in [3.05, 3.63) is 28.8 Å². The molecule has 1 aromatic carbocycles. The fourth-order valence-corrected chi connectivity index (χ4v) is 2.35. The summed E-state index contributed by atoms with van der Waals surface area (Å²) in [6.45, 7) is 5.27. The maximum Gasteiger partial charge on any atom is 0.412 e. The molecule has 0 aromatic heterocycles. The first-order chi connectivity index (χ1) is 9.64. The van der Waals surface area contributed by atoms with Gasteiger partial charge in [0.2, 0.25) is 0 Å². The summed E-state index contributed by atoms with van der Waals surface area (Å²) in [5.74, 6) is -0.892. The molecule has 5 nitrogen and oxygen atoms in total. The molecular formula is C15H18ClNO4. The molecule has 1 amide bonds. The molecule has 0 heterocycles. The van der Waals surface area contributed by atoms with Gasteiger partial charge >= 0.3 is 12.1 Å². The van der Waals surface area contributed by atoms with E-state index in [2.05, 4.69) is 5.32 Å². The lowest BCUT2D eigenvalue weighted by Crippen LogP contribution is -2.28. The lowest BCUT2D eigenvalue weighted by Gasteiger charge is -2.21. The Morgan fingerprint density at radius 2 is 1.95 bits per heavy atom. The average molecular weight is 312 g/mol. The highest BCUT2D eigenvalue weighted by Gasteiger charge is 2.53. The van der Waals surface area contributed by atoms with Crippen LogP contribution in [0.2, 0.25) is 5.02 Å². The number of carbonyl (C=O) groups excluding carboxylic acids is 1. The van der Waals surface area contributed by atoms with Gasteiger partial charge in [-0.3, -0.25) is 10.1 Å². The minimum Gasteiger partial charge on any atom is -0.481 e. The molecule has 1 aromatic rings. The van der Waals surface area contributed by atoms with Gasteiger partial charge in [0.15, 0.2) is 0 Å². The zero-order valence-electron chi connectivity index (χ0n) is 12.2. The summed E-state index contributed by atoms with van der Waals surface area (Å²) in [5, 5.41) is 12.4. The first kappa shape index (κ1) is 15.6. The summed E-state index contributed by atoms with van der Waals surface area (Å²) >= 11 is 5.94. The second-order valence-electron chi connectivity index (χ2n) is 6.20. The Hall–Kier alpha value is -1.75. The number of ether oxygens (including phenoxy) is 1. The molecule has 114 valence electrons. The minimum absolute atomic E-state index is 0.386. The fourth-order valence-electron chi connectivity index (χ4n) is 2.17. The van der Waals surface area contributed by atoms with Gasteiger partial charge in [-0.15, -0.1) is 0 Å². The first-order valence-corrected chi connectivity index (χ1v) is 7.05. The summed E-state index contributed by atoms with van der Waals surface area (Å²) in [5.41, 5.74) is -0.608. The number of carboxylic acid groups (broad SMARTS) is 1. The molecule has 1 aliphatic carbocycles. The highest BCUT2D eigenvalue weighted by Crippen LogP contribution is 2.51. The second-order valence-corrected chi connectivity index (χ2v) is 6.64. The summed E-state index contributed by atoms with van der Waals surface area (Å²) < 4.78 is 5.19. The highest BCUT2D eigenvalue weighted by molar-refractivity contribution is 6.31. The second kappa shape index (κ2) is 5.22. The third kappa shape index (κ3) is 3.47. The van der Waals surface area contributed by atoms with E-state index in [9.17, 15) is 14.7 Å². The van der Waals surface area contributed by atoms with E-state index in [1.807, 2.05) is 0 Å². The molecule has 0 aliphatic heterocycles. The van der Waals surface area contributed by atoms with Crippen LogP contribution in [0, 0.1) is 0 Å². The topological polar surface area (TPSA) is 75.6 Å². The van der Waals surface area contributed by atoms with Crippen LogP contribution in [0.3, 0.4) is 0 Å². The molecule has 0 spiro atoms. The lowest BCUT2D eigenvalue weighted by atomic mass is 9.94. The van der Waals surface area contributed by atoms with E-state index in [1.54, 1.807) is 39.0 Å². The van der Waals surface area contributed by atoms with Gasteiger partial charge in [0.25, 0.3) is 0 Å². The minimum atomic E-state index is -0.922. The number of benzene rings is 1. The van der Waals surface area contributed by atoms with E-state index in [0.29, 0.717) is 29.1 Å². The average Bonchev–Trinajstić information content (AvgIpc) is 3.07. The summed E-state index contributed by atoms with van der Waals surface area (Å²) in [7, 11) is 0. The predicted molar refractivity (Wildman–Crippen MR) is 79.9 cm³/mol. The van der Waals surface area contributed by atoms with Gasteiger partial charge in [-0.2, -0.15) is 0 Å². The Morgan fingerprint density at radius 1 is 1.33 bits per heavy atom. The van der Waals surface area contributed by atoms with Crippen molar-refractivity contribution in [2.24, 2.45) is 0 Å². The molecule has 2 N–H and O–H groups in total. The molecule has 6 heteroatoms. The third-order valence-corrected chi connectivity index (χ3v) is 3.53. The van der Waals surface area contributed by atoms with Crippen molar-refractivity contribution in [3.8, 4) is 0 Å². The van der Waals surface area contributed by atoms with E-state index in [0.717, 1.165) is 0 Å². The number of hydrogen-bond acceptors (Lipinski definition) is 3. The van der Waals surface area contributed by atoms with Crippen LogP contribution in [0.15, 0.2) is 18.2 Å². The van der Waals surface area contributed by atoms with Crippen LogP contribution in [-0.4, -0.2) is 22.8 Å². The Morgan fingerprint density at radius 3 is 2.43 bits per heavy atom. The van der Waals surface area contributed by atoms with E-state index < -0.39 is 23.1 Å². The van der Waals surface area contributed by atoms with Gasteiger partial charge in [-0.1, -0.05) is 17.7 Å². The summed E-state index contributed by atoms with van der Waals surface area (Å²) in [4.78, 5) is 23.3. The maximum atomic E-state index is 11.9. The quantitative estimate of drug-likeness (QED) is 0.890. The number of amides is 1. The van der Waals surface area contributed by atoms with Crippen LogP contribution in [0.5, 0.6) is 0 Å². The Bertz CT molecular complexity index is 588. The number of rotatable bonds is 3. The number of nitrogens with one attached hydrogen (secondary N) is 1. The van der Waals surface area contributed by atoms with Crippen molar-refractivity contribution >= 4 is 29.4 Å². The molecule has 0 atom stereocenters. The van der Waals surface area contributed by atoms with Gasteiger partial charge in [-0.25, -0.2) is 4.79 Å². The Balaban J connectivity index is 2.29. The monoisotopic (exact) mass is 311 g/mol. The van der Waals surface area contributed by atoms with E-state index in [-0.39, 0.29) is 0 Å². The van der Waals surface area contributed by atoms with Crippen molar-refractivity contribution in [1.82, 2.24) is 0 Å². The zero-order valence-corrected chi connectivity index (χ0v) is 13.0. The highest BCUT2D eigenvalue weighted by atomic mass is 35.5. The zero-order chi connectivity index (χ0) is 15.8. The number of carboxylic acids is 1. The largest absolute Gasteiger partial charge is 0.481 e. The third-order valence-electron chi connectivity index (χ3n) is 3.29. The standard InChI is InChI=1S/C15H18ClNO4/c1-14(2,3)21-13(20)17-11-8-9(16)4-5-10(11)15(6-7-15)12(18)19/h4-5,8H,6-7H2,1-3H3,(H,17,20)(H,18,19). The predicted octanol–water partition coefficient (Wildman–Crippen LogP) is 3.80. The van der Waals surface area contributed by atoms with Gasteiger partial charge < -0.3 is 9.84 Å². The molecule has 2 rings (SSSR count). The molecular weight excluding hydrogens is 294 g/mol. The normalized spacial score (nSPS) is 16.2. The van der Waals surface area contributed by atoms with E-state index in [4.69, 9.17) is 16.3 Å². The SMILES string of the molecule is CC(C)(C)OC(=O)Nc1cc(Cl)ccc1C1(C(=O)O)CC1. The van der Waals surface area contributed by atoms with Crippen LogP contribution in [-0.2, 0) is 14.9 Å². The van der Waals surface area contributed by atoms with Crippen LogP contribution in [0.25, 0.3) is 0 Å². The molecule has 0 radical (unpaired) electrons. The van der Waals surface area contributed by atoms with E-state index >= 15 is 0 Å². The van der Waals surface area contributed by atoms with Gasteiger partial charge in [0.1, 0.15) is 5.60 Å². The van der Waals surface area contributed by atoms with Crippen LogP contribution < -0.4 is 5.32 Å². The van der Waals surface area contributed by atoms with Crippen LogP contribution >= 0.6 is 11.6 Å². The van der Waals surface area contributed by atoms with Crippen LogP contribution in [0.1, 0.15) is 39.2 Å². The van der Waals surface area contributed by atoms with Gasteiger partial charge in [0.05, 0.1) is 5.41 Å². The van der Waals surface area contributed by atoms with Crippen molar-refractivity contribution < 1.29 is 19.4 Å². The van der Waals surface area contributed by atoms with Crippen LogP contribution in [0.4, 0.5) is 10.5 Å². The number of carbonyl (C=O) groups is 2. The number of hydrogen-bond donors (Lipinski definition) is 2. The molecule has 0 bridgehead atoms. The summed E-state index contributed by atoms with van der Waals surface area (Å²) in [6, 6.07) is 4.82. The Labute approximate surface area is 128 Å². The molecule has 0 saturated heterocycles. The van der Waals surface area contributed by atoms with Crippen molar-refractivity contribution in [3.63, 3.8) is 0 Å². The fraction of sp³-hybridized carbons (Fsp3) is 0.467. The molecule has 21 heavy (non-hydrogen) atoms. The Kier molecular flexibility index (Phi) is 3.89. The van der Waals surface area contributed by atoms with Crippen molar-refractivity contribution in [2.75, 3.05) is 5.32 Å². The smallest absolute Gasteiger partial charge is 0.412 e. The maximum absolute atomic E-state index is 11.9. The number of aliphatic carboxylic acids is 1. The van der Waals surface area contributed by atoms with Crippen molar-refractivity contribution in [2.45, 2.75) is 44.6 Å². The molecule has 1 fully saturated rings. The number of halogens is 1. The summed E-state index contributed by atoms with van der Waals surface area (Å²) in [6.07, 6.45) is 0.465. The number of anilines is 1. The van der Waals surface area contributed by atoms with Gasteiger partial charge in [0, 0.05) is 10.7 Å². The first-order valence-electron chi connectivity index (χ1n) is 6.67.